The molecule has 3 aromatic rings. The largest absolute Gasteiger partial charge is 0.508 e. The van der Waals surface area contributed by atoms with Gasteiger partial charge in [-0.15, -0.1) is 0 Å². The van der Waals surface area contributed by atoms with E-state index in [2.05, 4.69) is 15.0 Å². The smallest absolute Gasteiger partial charge is 0.117 e. The van der Waals surface area contributed by atoms with Crippen molar-refractivity contribution in [2.45, 2.75) is 6.42 Å². The van der Waals surface area contributed by atoms with Gasteiger partial charge >= 0.3 is 0 Å². The quantitative estimate of drug-likeness (QED) is 0.703. The van der Waals surface area contributed by atoms with E-state index in [1.807, 2.05) is 12.1 Å². The number of benzene rings is 1. The highest BCUT2D eigenvalue weighted by Crippen LogP contribution is 2.18. The summed E-state index contributed by atoms with van der Waals surface area (Å²) in [6, 6.07) is 9.05. The first-order valence-electron chi connectivity index (χ1n) is 5.38. The molecule has 17 heavy (non-hydrogen) atoms. The molecule has 0 aliphatic rings. The molecule has 0 unspecified atom stereocenters. The van der Waals surface area contributed by atoms with Crippen LogP contribution in [-0.4, -0.2) is 20.1 Å². The van der Waals surface area contributed by atoms with Crippen LogP contribution in [0.5, 0.6) is 5.75 Å². The van der Waals surface area contributed by atoms with Crippen LogP contribution in [0.4, 0.5) is 0 Å². The normalized spacial score (nSPS) is 10.8. The minimum atomic E-state index is 0.247. The summed E-state index contributed by atoms with van der Waals surface area (Å²) in [5, 5.41) is 9.37. The van der Waals surface area contributed by atoms with E-state index in [0.29, 0.717) is 0 Å². The third-order valence-corrected chi connectivity index (χ3v) is 2.64. The fraction of sp³-hybridized carbons (Fsp3) is 0.0769. The van der Waals surface area contributed by atoms with Gasteiger partial charge in [0.2, 0.25) is 0 Å². The maximum atomic E-state index is 9.37. The molecule has 0 atom stereocenters. The Morgan fingerprint density at radius 3 is 2.76 bits per heavy atom. The van der Waals surface area contributed by atoms with Crippen LogP contribution >= 0.6 is 0 Å². The third-order valence-electron chi connectivity index (χ3n) is 2.64. The van der Waals surface area contributed by atoms with Gasteiger partial charge in [-0.3, -0.25) is 4.98 Å². The van der Waals surface area contributed by atoms with E-state index in [-0.39, 0.29) is 5.75 Å². The molecule has 2 N–H and O–H groups in total. The van der Waals surface area contributed by atoms with E-state index in [9.17, 15) is 5.11 Å². The van der Waals surface area contributed by atoms with E-state index in [0.717, 1.165) is 28.8 Å². The summed E-state index contributed by atoms with van der Waals surface area (Å²) in [6.45, 7) is 0. The third kappa shape index (κ3) is 1.97. The number of hydrogen-bond donors (Lipinski definition) is 2. The van der Waals surface area contributed by atoms with Crippen molar-refractivity contribution in [3.8, 4) is 5.75 Å². The van der Waals surface area contributed by atoms with Gasteiger partial charge in [0.15, 0.2) is 0 Å². The SMILES string of the molecule is Oc1ccc2nc(Cc3ccncc3)[nH]c2c1. The van der Waals surface area contributed by atoms with Gasteiger partial charge < -0.3 is 10.1 Å². The fourth-order valence-electron chi connectivity index (χ4n) is 1.83. The molecule has 0 amide bonds. The van der Waals surface area contributed by atoms with E-state index >= 15 is 0 Å². The number of phenols is 1. The molecule has 2 aromatic heterocycles. The Labute approximate surface area is 98.0 Å². The van der Waals surface area contributed by atoms with Crippen LogP contribution < -0.4 is 0 Å². The first-order chi connectivity index (χ1) is 8.31. The lowest BCUT2D eigenvalue weighted by atomic mass is 10.2. The van der Waals surface area contributed by atoms with Crippen molar-refractivity contribution < 1.29 is 5.11 Å². The summed E-state index contributed by atoms with van der Waals surface area (Å²) in [4.78, 5) is 11.6. The van der Waals surface area contributed by atoms with Gasteiger partial charge in [-0.05, 0) is 29.8 Å². The second-order valence-electron chi connectivity index (χ2n) is 3.92. The van der Waals surface area contributed by atoms with E-state index in [1.54, 1.807) is 30.6 Å². The molecule has 0 fully saturated rings. The molecular formula is C13H11N3O. The Morgan fingerprint density at radius 2 is 1.94 bits per heavy atom. The molecule has 4 heteroatoms. The van der Waals surface area contributed by atoms with Gasteiger partial charge in [-0.1, -0.05) is 0 Å². The molecule has 2 heterocycles. The standard InChI is InChI=1S/C13H11N3O/c17-10-1-2-11-12(8-10)16-13(15-11)7-9-3-5-14-6-4-9/h1-6,8,17H,7H2,(H,15,16). The highest BCUT2D eigenvalue weighted by molar-refractivity contribution is 5.76. The zero-order valence-corrected chi connectivity index (χ0v) is 9.09. The molecule has 3 rings (SSSR count). The fourth-order valence-corrected chi connectivity index (χ4v) is 1.83. The molecule has 0 bridgehead atoms. The van der Waals surface area contributed by atoms with Crippen LogP contribution in [0.15, 0.2) is 42.7 Å². The predicted octanol–water partition coefficient (Wildman–Crippen LogP) is 2.25. The Kier molecular flexibility index (Phi) is 2.26. The Balaban J connectivity index is 1.96. The average molecular weight is 225 g/mol. The number of imidazole rings is 1. The number of fused-ring (bicyclic) bond motifs is 1. The van der Waals surface area contributed by atoms with Gasteiger partial charge in [0.1, 0.15) is 11.6 Å². The zero-order chi connectivity index (χ0) is 11.7. The number of hydrogen-bond acceptors (Lipinski definition) is 3. The number of nitrogens with one attached hydrogen (secondary N) is 1. The summed E-state index contributed by atoms with van der Waals surface area (Å²) in [6.07, 6.45) is 4.27. The van der Waals surface area contributed by atoms with E-state index in [1.165, 1.54) is 0 Å². The van der Waals surface area contributed by atoms with Gasteiger partial charge in [0.05, 0.1) is 11.0 Å². The lowest BCUT2D eigenvalue weighted by Gasteiger charge is -1.95. The van der Waals surface area contributed by atoms with Crippen molar-refractivity contribution in [1.29, 1.82) is 0 Å². The topological polar surface area (TPSA) is 61.8 Å². The van der Waals surface area contributed by atoms with Gasteiger partial charge in [-0.2, -0.15) is 0 Å². The molecule has 4 nitrogen and oxygen atoms in total. The molecule has 0 spiro atoms. The average Bonchev–Trinajstić information content (AvgIpc) is 2.71. The number of pyridine rings is 1. The summed E-state index contributed by atoms with van der Waals surface area (Å²) < 4.78 is 0. The highest BCUT2D eigenvalue weighted by atomic mass is 16.3. The number of nitrogens with zero attached hydrogens (tertiary/aromatic N) is 2. The Hall–Kier alpha value is -2.36. The number of phenolic OH excluding ortho intramolecular Hbond substituents is 1. The Bertz CT molecular complexity index is 646. The first-order valence-corrected chi connectivity index (χ1v) is 5.38. The molecule has 0 aliphatic heterocycles. The lowest BCUT2D eigenvalue weighted by Crippen LogP contribution is -1.90. The maximum Gasteiger partial charge on any atom is 0.117 e. The van der Waals surface area contributed by atoms with Gasteiger partial charge in [0, 0.05) is 24.9 Å². The van der Waals surface area contributed by atoms with Crippen molar-refractivity contribution in [1.82, 2.24) is 15.0 Å². The summed E-state index contributed by atoms with van der Waals surface area (Å²) in [5.41, 5.74) is 2.88. The second-order valence-corrected chi connectivity index (χ2v) is 3.92. The van der Waals surface area contributed by atoms with Gasteiger partial charge in [-0.25, -0.2) is 4.98 Å². The summed E-state index contributed by atoms with van der Waals surface area (Å²) in [5.74, 6) is 1.13. The monoisotopic (exact) mass is 225 g/mol. The number of aromatic nitrogens is 3. The van der Waals surface area contributed by atoms with Crippen LogP contribution in [0, 0.1) is 0 Å². The zero-order valence-electron chi connectivity index (χ0n) is 9.09. The first kappa shape index (κ1) is 9.84. The molecular weight excluding hydrogens is 214 g/mol. The van der Waals surface area contributed by atoms with Crippen molar-refractivity contribution >= 4 is 11.0 Å². The number of aromatic amines is 1. The highest BCUT2D eigenvalue weighted by Gasteiger charge is 2.04. The maximum absolute atomic E-state index is 9.37. The van der Waals surface area contributed by atoms with Crippen molar-refractivity contribution in [2.75, 3.05) is 0 Å². The number of aromatic hydroxyl groups is 1. The van der Waals surface area contributed by atoms with Crippen LogP contribution in [-0.2, 0) is 6.42 Å². The van der Waals surface area contributed by atoms with Crippen LogP contribution in [0.25, 0.3) is 11.0 Å². The molecule has 0 saturated carbocycles. The van der Waals surface area contributed by atoms with Crippen LogP contribution in [0.3, 0.4) is 0 Å². The molecule has 84 valence electrons. The van der Waals surface area contributed by atoms with Crippen molar-refractivity contribution in [2.24, 2.45) is 0 Å². The summed E-state index contributed by atoms with van der Waals surface area (Å²) in [7, 11) is 0. The Morgan fingerprint density at radius 1 is 1.12 bits per heavy atom. The van der Waals surface area contributed by atoms with Crippen molar-refractivity contribution in [3.63, 3.8) is 0 Å². The van der Waals surface area contributed by atoms with E-state index in [4.69, 9.17) is 0 Å². The molecule has 0 aliphatic carbocycles. The van der Waals surface area contributed by atoms with E-state index < -0.39 is 0 Å². The van der Waals surface area contributed by atoms with Crippen molar-refractivity contribution in [3.05, 3.63) is 54.1 Å². The predicted molar refractivity (Wildman–Crippen MR) is 64.8 cm³/mol. The van der Waals surface area contributed by atoms with Crippen LogP contribution in [0.1, 0.15) is 11.4 Å². The van der Waals surface area contributed by atoms with Gasteiger partial charge in [0.25, 0.3) is 0 Å². The summed E-state index contributed by atoms with van der Waals surface area (Å²) >= 11 is 0. The molecule has 1 aromatic carbocycles. The number of rotatable bonds is 2. The lowest BCUT2D eigenvalue weighted by molar-refractivity contribution is 0.476. The molecule has 0 radical (unpaired) electrons. The van der Waals surface area contributed by atoms with Crippen LogP contribution in [0.2, 0.25) is 0 Å². The minimum absolute atomic E-state index is 0.247. The molecule has 0 saturated heterocycles. The number of H-pyrrole nitrogens is 1. The second kappa shape index (κ2) is 3.90. The minimum Gasteiger partial charge on any atom is -0.508 e.